The van der Waals surface area contributed by atoms with E-state index in [2.05, 4.69) is 45.7 Å². The van der Waals surface area contributed by atoms with Crippen LogP contribution in [0.1, 0.15) is 19.4 Å². The Kier molecular flexibility index (Phi) is 4.39. The molecule has 0 spiro atoms. The third kappa shape index (κ3) is 3.44. The van der Waals surface area contributed by atoms with E-state index in [0.29, 0.717) is 0 Å². The second-order valence-electron chi connectivity index (χ2n) is 2.95. The van der Waals surface area contributed by atoms with E-state index in [0.717, 1.165) is 24.2 Å². The molecule has 1 heterocycles. The van der Waals surface area contributed by atoms with Gasteiger partial charge in [-0.25, -0.2) is 4.98 Å². The topological polar surface area (TPSA) is 16.1 Å². The van der Waals surface area contributed by atoms with Crippen LogP contribution in [0.4, 0.5) is 0 Å². The van der Waals surface area contributed by atoms with Gasteiger partial charge in [-0.05, 0) is 40.6 Å². The van der Waals surface area contributed by atoms with Crippen molar-refractivity contribution in [3.63, 3.8) is 0 Å². The maximum absolute atomic E-state index is 4.19. The van der Waals surface area contributed by atoms with Gasteiger partial charge in [0.1, 0.15) is 4.60 Å². The summed E-state index contributed by atoms with van der Waals surface area (Å²) in [5.74, 6) is 0. The van der Waals surface area contributed by atoms with Crippen LogP contribution in [0.2, 0.25) is 0 Å². The molecular formula is C10H15BrN2. The lowest BCUT2D eigenvalue weighted by atomic mass is 10.2. The van der Waals surface area contributed by atoms with Crippen molar-refractivity contribution in [1.29, 1.82) is 0 Å². The molecule has 0 radical (unpaired) electrons. The summed E-state index contributed by atoms with van der Waals surface area (Å²) in [5, 5.41) is 0. The van der Waals surface area contributed by atoms with E-state index in [1.54, 1.807) is 0 Å². The molecule has 3 heteroatoms. The molecule has 13 heavy (non-hydrogen) atoms. The van der Waals surface area contributed by atoms with Crippen molar-refractivity contribution in [2.45, 2.75) is 20.4 Å². The summed E-state index contributed by atoms with van der Waals surface area (Å²) in [5.41, 5.74) is 1.27. The van der Waals surface area contributed by atoms with Crippen molar-refractivity contribution in [2.24, 2.45) is 0 Å². The van der Waals surface area contributed by atoms with E-state index in [1.165, 1.54) is 5.56 Å². The van der Waals surface area contributed by atoms with Crippen LogP contribution in [0, 0.1) is 0 Å². The molecule has 0 saturated carbocycles. The molecule has 0 amide bonds. The SMILES string of the molecule is CCN(CC)Cc1ccc(Br)nc1. The summed E-state index contributed by atoms with van der Waals surface area (Å²) in [4.78, 5) is 6.56. The molecule has 1 aromatic heterocycles. The van der Waals surface area contributed by atoms with E-state index in [9.17, 15) is 0 Å². The number of hydrogen-bond donors (Lipinski definition) is 0. The van der Waals surface area contributed by atoms with Crippen LogP contribution in [-0.4, -0.2) is 23.0 Å². The van der Waals surface area contributed by atoms with Crippen molar-refractivity contribution in [3.8, 4) is 0 Å². The number of nitrogens with zero attached hydrogens (tertiary/aromatic N) is 2. The van der Waals surface area contributed by atoms with Gasteiger partial charge in [-0.2, -0.15) is 0 Å². The van der Waals surface area contributed by atoms with E-state index in [4.69, 9.17) is 0 Å². The predicted octanol–water partition coefficient (Wildman–Crippen LogP) is 2.69. The summed E-state index contributed by atoms with van der Waals surface area (Å²) in [6.45, 7) is 7.53. The quantitative estimate of drug-likeness (QED) is 0.756. The van der Waals surface area contributed by atoms with Gasteiger partial charge in [-0.1, -0.05) is 19.9 Å². The molecule has 0 aromatic carbocycles. The largest absolute Gasteiger partial charge is 0.300 e. The molecule has 0 aliphatic carbocycles. The van der Waals surface area contributed by atoms with Crippen LogP contribution in [0.25, 0.3) is 0 Å². The highest BCUT2D eigenvalue weighted by Crippen LogP contribution is 2.08. The summed E-state index contributed by atoms with van der Waals surface area (Å²) >= 11 is 3.32. The summed E-state index contributed by atoms with van der Waals surface area (Å²) in [6, 6.07) is 4.09. The molecule has 2 nitrogen and oxygen atoms in total. The number of rotatable bonds is 4. The smallest absolute Gasteiger partial charge is 0.106 e. The predicted molar refractivity (Wildman–Crippen MR) is 58.6 cm³/mol. The Hall–Kier alpha value is -0.410. The number of aromatic nitrogens is 1. The van der Waals surface area contributed by atoms with Crippen molar-refractivity contribution < 1.29 is 0 Å². The Balaban J connectivity index is 2.58. The van der Waals surface area contributed by atoms with Crippen LogP contribution in [0.3, 0.4) is 0 Å². The van der Waals surface area contributed by atoms with Crippen LogP contribution >= 0.6 is 15.9 Å². The van der Waals surface area contributed by atoms with Gasteiger partial charge in [0, 0.05) is 12.7 Å². The van der Waals surface area contributed by atoms with E-state index < -0.39 is 0 Å². The van der Waals surface area contributed by atoms with Gasteiger partial charge >= 0.3 is 0 Å². The first-order valence-corrected chi connectivity index (χ1v) is 5.38. The first kappa shape index (κ1) is 10.7. The zero-order valence-corrected chi connectivity index (χ0v) is 9.71. The lowest BCUT2D eigenvalue weighted by Crippen LogP contribution is -2.22. The molecule has 1 aromatic rings. The van der Waals surface area contributed by atoms with E-state index in [-0.39, 0.29) is 0 Å². The maximum atomic E-state index is 4.19. The van der Waals surface area contributed by atoms with Crippen molar-refractivity contribution >= 4 is 15.9 Å². The van der Waals surface area contributed by atoms with Crippen molar-refractivity contribution in [1.82, 2.24) is 9.88 Å². The van der Waals surface area contributed by atoms with Gasteiger partial charge in [-0.3, -0.25) is 4.90 Å². The Bertz CT molecular complexity index is 242. The lowest BCUT2D eigenvalue weighted by molar-refractivity contribution is 0.295. The highest BCUT2D eigenvalue weighted by atomic mass is 79.9. The normalized spacial score (nSPS) is 10.8. The Morgan fingerprint density at radius 2 is 2.00 bits per heavy atom. The second-order valence-corrected chi connectivity index (χ2v) is 3.76. The maximum Gasteiger partial charge on any atom is 0.106 e. The van der Waals surface area contributed by atoms with Crippen LogP contribution in [0.15, 0.2) is 22.9 Å². The minimum Gasteiger partial charge on any atom is -0.300 e. The van der Waals surface area contributed by atoms with Gasteiger partial charge in [0.25, 0.3) is 0 Å². The average Bonchev–Trinajstić information content (AvgIpc) is 2.17. The van der Waals surface area contributed by atoms with Crippen LogP contribution in [0.5, 0.6) is 0 Å². The molecule has 0 atom stereocenters. The Morgan fingerprint density at radius 3 is 2.46 bits per heavy atom. The number of hydrogen-bond acceptors (Lipinski definition) is 2. The molecule has 0 N–H and O–H groups in total. The van der Waals surface area contributed by atoms with Gasteiger partial charge in [0.15, 0.2) is 0 Å². The first-order chi connectivity index (χ1) is 6.26. The zero-order chi connectivity index (χ0) is 9.68. The van der Waals surface area contributed by atoms with Crippen LogP contribution < -0.4 is 0 Å². The Morgan fingerprint density at radius 1 is 1.31 bits per heavy atom. The van der Waals surface area contributed by atoms with Crippen molar-refractivity contribution in [3.05, 3.63) is 28.5 Å². The zero-order valence-electron chi connectivity index (χ0n) is 8.13. The summed E-state index contributed by atoms with van der Waals surface area (Å²) in [6.07, 6.45) is 1.92. The first-order valence-electron chi connectivity index (χ1n) is 4.59. The fraction of sp³-hybridized carbons (Fsp3) is 0.500. The van der Waals surface area contributed by atoms with Gasteiger partial charge < -0.3 is 0 Å². The third-order valence-corrected chi connectivity index (χ3v) is 2.56. The van der Waals surface area contributed by atoms with Crippen LogP contribution in [-0.2, 0) is 6.54 Å². The molecule has 0 fully saturated rings. The summed E-state index contributed by atoms with van der Waals surface area (Å²) < 4.78 is 0.899. The molecule has 72 valence electrons. The molecule has 0 aliphatic rings. The lowest BCUT2D eigenvalue weighted by Gasteiger charge is -2.17. The molecule has 0 bridgehead atoms. The molecule has 1 rings (SSSR count). The van der Waals surface area contributed by atoms with Gasteiger partial charge in [0.2, 0.25) is 0 Å². The minimum absolute atomic E-state index is 0.899. The molecule has 0 aliphatic heterocycles. The van der Waals surface area contributed by atoms with Gasteiger partial charge in [-0.15, -0.1) is 0 Å². The fourth-order valence-electron chi connectivity index (χ4n) is 1.21. The average molecular weight is 243 g/mol. The monoisotopic (exact) mass is 242 g/mol. The fourth-order valence-corrected chi connectivity index (χ4v) is 1.44. The standard InChI is InChI=1S/C10H15BrN2/c1-3-13(4-2)8-9-5-6-10(11)12-7-9/h5-7H,3-4,8H2,1-2H3. The molecular weight excluding hydrogens is 228 g/mol. The molecule has 0 saturated heterocycles. The minimum atomic E-state index is 0.899. The number of pyridine rings is 1. The van der Waals surface area contributed by atoms with Gasteiger partial charge in [0.05, 0.1) is 0 Å². The van der Waals surface area contributed by atoms with Crippen molar-refractivity contribution in [2.75, 3.05) is 13.1 Å². The molecule has 0 unspecified atom stereocenters. The highest BCUT2D eigenvalue weighted by molar-refractivity contribution is 9.10. The highest BCUT2D eigenvalue weighted by Gasteiger charge is 2.00. The summed E-state index contributed by atoms with van der Waals surface area (Å²) in [7, 11) is 0. The van der Waals surface area contributed by atoms with E-state index in [1.807, 2.05) is 12.3 Å². The third-order valence-electron chi connectivity index (χ3n) is 2.09. The number of halogens is 1. The Labute approximate surface area is 88.1 Å². The van der Waals surface area contributed by atoms with E-state index >= 15 is 0 Å². The second kappa shape index (κ2) is 5.35.